The average molecular weight is 291 g/mol. The summed E-state index contributed by atoms with van der Waals surface area (Å²) in [5.74, 6) is 0.477. The van der Waals surface area contributed by atoms with Crippen molar-refractivity contribution in [2.24, 2.45) is 0 Å². The first kappa shape index (κ1) is 15.5. The lowest BCUT2D eigenvalue weighted by molar-refractivity contribution is -0.119. The Hall–Kier alpha value is -1.85. The predicted molar refractivity (Wildman–Crippen MR) is 80.0 cm³/mol. The summed E-state index contributed by atoms with van der Waals surface area (Å²) in [5, 5.41) is 13.0. The number of nitrogens with one attached hydrogen (secondary N) is 1. The van der Waals surface area contributed by atoms with Gasteiger partial charge in [0.25, 0.3) is 0 Å². The summed E-state index contributed by atoms with van der Waals surface area (Å²) in [7, 11) is 1.59. The zero-order chi connectivity index (χ0) is 15.1. The Morgan fingerprint density at radius 3 is 2.86 bits per heavy atom. The fourth-order valence-corrected chi connectivity index (χ4v) is 2.21. The Morgan fingerprint density at radius 2 is 2.14 bits per heavy atom. The van der Waals surface area contributed by atoms with E-state index in [0.717, 1.165) is 5.56 Å². The molecular formula is C16H21NO4. The van der Waals surface area contributed by atoms with E-state index >= 15 is 0 Å². The second-order valence-corrected chi connectivity index (χ2v) is 5.13. The Balaban J connectivity index is 1.88. The number of hydrogen-bond acceptors (Lipinski definition) is 4. The van der Waals surface area contributed by atoms with E-state index in [1.165, 1.54) is 6.08 Å². The molecule has 1 aromatic carbocycles. The van der Waals surface area contributed by atoms with Crippen molar-refractivity contribution in [3.63, 3.8) is 0 Å². The number of para-hydroxylation sites is 1. The first-order chi connectivity index (χ1) is 10.1. The van der Waals surface area contributed by atoms with Crippen molar-refractivity contribution in [1.29, 1.82) is 0 Å². The highest BCUT2D eigenvalue weighted by atomic mass is 16.5. The van der Waals surface area contributed by atoms with Crippen LogP contribution in [0.1, 0.15) is 18.4 Å². The van der Waals surface area contributed by atoms with E-state index in [1.54, 1.807) is 13.2 Å². The predicted octanol–water partition coefficient (Wildman–Crippen LogP) is 1.37. The molecule has 1 fully saturated rings. The molecule has 0 spiro atoms. The minimum atomic E-state index is -0.855. The van der Waals surface area contributed by atoms with Crippen molar-refractivity contribution in [3.8, 4) is 5.75 Å². The van der Waals surface area contributed by atoms with Crippen molar-refractivity contribution in [2.45, 2.75) is 18.4 Å². The molecule has 0 aliphatic carbocycles. The van der Waals surface area contributed by atoms with E-state index in [2.05, 4.69) is 5.32 Å². The number of ether oxygens (including phenoxy) is 2. The van der Waals surface area contributed by atoms with Gasteiger partial charge in [-0.15, -0.1) is 0 Å². The largest absolute Gasteiger partial charge is 0.496 e. The molecule has 21 heavy (non-hydrogen) atoms. The summed E-state index contributed by atoms with van der Waals surface area (Å²) < 4.78 is 10.4. The maximum atomic E-state index is 11.8. The first-order valence-electron chi connectivity index (χ1n) is 7.02. The number of carbonyl (C=O) groups excluding carboxylic acids is 1. The Labute approximate surface area is 124 Å². The molecule has 1 aliphatic rings. The smallest absolute Gasteiger partial charge is 0.244 e. The van der Waals surface area contributed by atoms with Crippen molar-refractivity contribution in [3.05, 3.63) is 35.9 Å². The van der Waals surface area contributed by atoms with E-state index in [1.807, 2.05) is 24.3 Å². The standard InChI is InChI=1S/C16H21NO4/c1-20-14-5-3-2-4-13(14)6-7-15(18)17-12-16(19)8-10-21-11-9-16/h2-7,19H,8-12H2,1H3,(H,17,18)/b7-6+. The van der Waals surface area contributed by atoms with Gasteiger partial charge >= 0.3 is 0 Å². The molecule has 5 nitrogen and oxygen atoms in total. The summed E-state index contributed by atoms with van der Waals surface area (Å²) in [6.45, 7) is 1.30. The highest BCUT2D eigenvalue weighted by molar-refractivity contribution is 5.92. The lowest BCUT2D eigenvalue weighted by Crippen LogP contribution is -2.46. The third-order valence-corrected chi connectivity index (χ3v) is 3.57. The van der Waals surface area contributed by atoms with Gasteiger partial charge in [-0.1, -0.05) is 18.2 Å². The number of methoxy groups -OCH3 is 1. The number of hydrogen-bond donors (Lipinski definition) is 2. The molecule has 0 bridgehead atoms. The van der Waals surface area contributed by atoms with Gasteiger partial charge in [-0.3, -0.25) is 4.79 Å². The fourth-order valence-electron chi connectivity index (χ4n) is 2.21. The van der Waals surface area contributed by atoms with Crippen LogP contribution >= 0.6 is 0 Å². The summed E-state index contributed by atoms with van der Waals surface area (Å²) >= 11 is 0. The zero-order valence-corrected chi connectivity index (χ0v) is 12.2. The molecule has 1 aromatic rings. The van der Waals surface area contributed by atoms with Gasteiger partial charge in [0.2, 0.25) is 5.91 Å². The third-order valence-electron chi connectivity index (χ3n) is 3.57. The van der Waals surface area contributed by atoms with Gasteiger partial charge in [-0.2, -0.15) is 0 Å². The van der Waals surface area contributed by atoms with Gasteiger partial charge in [0.1, 0.15) is 5.75 Å². The van der Waals surface area contributed by atoms with Gasteiger partial charge < -0.3 is 19.9 Å². The molecule has 0 saturated carbocycles. The maximum absolute atomic E-state index is 11.8. The fraction of sp³-hybridized carbons (Fsp3) is 0.438. The molecule has 1 aliphatic heterocycles. The lowest BCUT2D eigenvalue weighted by atomic mass is 9.94. The number of rotatable bonds is 5. The van der Waals surface area contributed by atoms with Crippen LogP contribution in [-0.2, 0) is 9.53 Å². The van der Waals surface area contributed by atoms with Crippen LogP contribution < -0.4 is 10.1 Å². The van der Waals surface area contributed by atoms with Gasteiger partial charge in [-0.25, -0.2) is 0 Å². The Morgan fingerprint density at radius 1 is 1.43 bits per heavy atom. The molecule has 0 aromatic heterocycles. The summed E-state index contributed by atoms with van der Waals surface area (Å²) in [4.78, 5) is 11.8. The van der Waals surface area contributed by atoms with Gasteiger partial charge in [0.15, 0.2) is 0 Å². The van der Waals surface area contributed by atoms with Crippen molar-refractivity contribution < 1.29 is 19.4 Å². The van der Waals surface area contributed by atoms with Crippen molar-refractivity contribution >= 4 is 12.0 Å². The normalized spacial score (nSPS) is 17.6. The van der Waals surface area contributed by atoms with Crippen LogP contribution in [0.4, 0.5) is 0 Å². The monoisotopic (exact) mass is 291 g/mol. The van der Waals surface area contributed by atoms with Crippen LogP contribution in [0.25, 0.3) is 6.08 Å². The van der Waals surface area contributed by atoms with Gasteiger partial charge in [0.05, 0.1) is 12.7 Å². The van der Waals surface area contributed by atoms with Gasteiger partial charge in [0, 0.05) is 44.2 Å². The topological polar surface area (TPSA) is 67.8 Å². The Kier molecular flexibility index (Phi) is 5.36. The molecular weight excluding hydrogens is 270 g/mol. The highest BCUT2D eigenvalue weighted by Crippen LogP contribution is 2.20. The van der Waals surface area contributed by atoms with E-state index in [-0.39, 0.29) is 12.5 Å². The molecule has 2 N–H and O–H groups in total. The number of carbonyl (C=O) groups is 1. The van der Waals surface area contributed by atoms with Crippen molar-refractivity contribution in [2.75, 3.05) is 26.9 Å². The van der Waals surface area contributed by atoms with Crippen LogP contribution in [0.2, 0.25) is 0 Å². The Bertz CT molecular complexity index is 507. The number of benzene rings is 1. The van der Waals surface area contributed by atoms with E-state index in [0.29, 0.717) is 31.8 Å². The first-order valence-corrected chi connectivity index (χ1v) is 7.02. The molecule has 114 valence electrons. The average Bonchev–Trinajstić information content (AvgIpc) is 2.52. The summed E-state index contributed by atoms with van der Waals surface area (Å²) in [5.41, 5.74) is -0.0217. The SMILES string of the molecule is COc1ccccc1/C=C/C(=O)NCC1(O)CCOCC1. The molecule has 0 unspecified atom stereocenters. The maximum Gasteiger partial charge on any atom is 0.244 e. The summed E-state index contributed by atoms with van der Waals surface area (Å²) in [6.07, 6.45) is 4.23. The number of aliphatic hydroxyl groups is 1. The quantitative estimate of drug-likeness (QED) is 0.804. The lowest BCUT2D eigenvalue weighted by Gasteiger charge is -2.31. The van der Waals surface area contributed by atoms with Crippen LogP contribution in [-0.4, -0.2) is 43.5 Å². The molecule has 0 atom stereocenters. The molecule has 2 rings (SSSR count). The second kappa shape index (κ2) is 7.24. The minimum Gasteiger partial charge on any atom is -0.496 e. The number of amides is 1. The molecule has 1 saturated heterocycles. The van der Waals surface area contributed by atoms with Gasteiger partial charge in [-0.05, 0) is 12.1 Å². The van der Waals surface area contributed by atoms with E-state index in [9.17, 15) is 9.90 Å². The van der Waals surface area contributed by atoms with E-state index in [4.69, 9.17) is 9.47 Å². The summed E-state index contributed by atoms with van der Waals surface area (Å²) in [6, 6.07) is 7.46. The molecule has 1 heterocycles. The second-order valence-electron chi connectivity index (χ2n) is 5.13. The van der Waals surface area contributed by atoms with Crippen molar-refractivity contribution in [1.82, 2.24) is 5.32 Å². The molecule has 5 heteroatoms. The van der Waals surface area contributed by atoms with Crippen LogP contribution in [0.3, 0.4) is 0 Å². The van der Waals surface area contributed by atoms with Crippen LogP contribution in [0, 0.1) is 0 Å². The van der Waals surface area contributed by atoms with Crippen LogP contribution in [0.15, 0.2) is 30.3 Å². The minimum absolute atomic E-state index is 0.235. The van der Waals surface area contributed by atoms with Crippen LogP contribution in [0.5, 0.6) is 5.75 Å². The third kappa shape index (κ3) is 4.58. The molecule has 1 amide bonds. The molecule has 0 radical (unpaired) electrons. The highest BCUT2D eigenvalue weighted by Gasteiger charge is 2.29. The zero-order valence-electron chi connectivity index (χ0n) is 12.2. The van der Waals surface area contributed by atoms with E-state index < -0.39 is 5.60 Å².